The molecule has 98 valence electrons. The Morgan fingerprint density at radius 1 is 1.50 bits per heavy atom. The molecule has 0 aliphatic carbocycles. The molecule has 1 aromatic heterocycles. The molecule has 0 saturated heterocycles. The van der Waals surface area contributed by atoms with Crippen molar-refractivity contribution >= 4 is 23.5 Å². The fourth-order valence-electron chi connectivity index (χ4n) is 1.45. The second kappa shape index (κ2) is 6.35. The van der Waals surface area contributed by atoms with E-state index in [1.165, 1.54) is 12.3 Å². The van der Waals surface area contributed by atoms with E-state index in [4.69, 9.17) is 16.7 Å². The van der Waals surface area contributed by atoms with E-state index in [0.717, 1.165) is 0 Å². The highest BCUT2D eigenvalue weighted by Gasteiger charge is 2.22. The van der Waals surface area contributed by atoms with Gasteiger partial charge in [0, 0.05) is 11.2 Å². The lowest BCUT2D eigenvalue weighted by molar-refractivity contribution is -0.139. The summed E-state index contributed by atoms with van der Waals surface area (Å²) in [6.07, 6.45) is 1.76. The standard InChI is InChI=1S/C12H15ClN2O3/c1-7(2)5-10(12(17)18)15-11(16)9-6-8(13)3-4-14-9/h3-4,6-7,10H,5H2,1-2H3,(H,15,16)(H,17,18)/t10-/m1/s1. The van der Waals surface area contributed by atoms with Crippen molar-refractivity contribution in [1.82, 2.24) is 10.3 Å². The summed E-state index contributed by atoms with van der Waals surface area (Å²) >= 11 is 5.74. The molecule has 0 spiro atoms. The van der Waals surface area contributed by atoms with Gasteiger partial charge in [-0.25, -0.2) is 4.79 Å². The van der Waals surface area contributed by atoms with Crippen LogP contribution in [0.4, 0.5) is 0 Å². The Morgan fingerprint density at radius 3 is 2.67 bits per heavy atom. The number of carboxylic acids is 1. The zero-order valence-corrected chi connectivity index (χ0v) is 10.9. The maximum Gasteiger partial charge on any atom is 0.326 e. The molecule has 1 atom stereocenters. The predicted molar refractivity (Wildman–Crippen MR) is 67.6 cm³/mol. The van der Waals surface area contributed by atoms with E-state index in [-0.39, 0.29) is 11.6 Å². The van der Waals surface area contributed by atoms with E-state index < -0.39 is 17.9 Å². The molecule has 0 saturated carbocycles. The number of amides is 1. The lowest BCUT2D eigenvalue weighted by Crippen LogP contribution is -2.41. The molecule has 0 fully saturated rings. The number of pyridine rings is 1. The summed E-state index contributed by atoms with van der Waals surface area (Å²) in [4.78, 5) is 26.6. The summed E-state index contributed by atoms with van der Waals surface area (Å²) in [7, 11) is 0. The topological polar surface area (TPSA) is 79.3 Å². The average Bonchev–Trinajstić information content (AvgIpc) is 2.27. The van der Waals surface area contributed by atoms with Crippen LogP contribution in [0, 0.1) is 5.92 Å². The Kier molecular flexibility index (Phi) is 5.09. The van der Waals surface area contributed by atoms with E-state index in [9.17, 15) is 9.59 Å². The molecular formula is C12H15ClN2O3. The molecule has 0 bridgehead atoms. The Hall–Kier alpha value is -1.62. The number of rotatable bonds is 5. The van der Waals surface area contributed by atoms with E-state index >= 15 is 0 Å². The first-order valence-corrected chi connectivity index (χ1v) is 5.93. The van der Waals surface area contributed by atoms with Crippen molar-refractivity contribution in [3.05, 3.63) is 29.0 Å². The molecule has 0 unspecified atom stereocenters. The van der Waals surface area contributed by atoms with Crippen molar-refractivity contribution in [1.29, 1.82) is 0 Å². The van der Waals surface area contributed by atoms with Gasteiger partial charge in [-0.1, -0.05) is 25.4 Å². The molecular weight excluding hydrogens is 256 g/mol. The van der Waals surface area contributed by atoms with Crippen LogP contribution in [-0.2, 0) is 4.79 Å². The average molecular weight is 271 g/mol. The minimum atomic E-state index is -1.06. The van der Waals surface area contributed by atoms with Gasteiger partial charge in [-0.2, -0.15) is 0 Å². The molecule has 0 aliphatic rings. The van der Waals surface area contributed by atoms with Gasteiger partial charge in [0.05, 0.1) is 0 Å². The quantitative estimate of drug-likeness (QED) is 0.857. The number of aromatic nitrogens is 1. The zero-order chi connectivity index (χ0) is 13.7. The minimum absolute atomic E-state index is 0.109. The third-order valence-corrected chi connectivity index (χ3v) is 2.50. The van der Waals surface area contributed by atoms with E-state index in [0.29, 0.717) is 11.4 Å². The van der Waals surface area contributed by atoms with Crippen molar-refractivity contribution in [3.63, 3.8) is 0 Å². The first-order chi connectivity index (χ1) is 8.40. The lowest BCUT2D eigenvalue weighted by atomic mass is 10.0. The van der Waals surface area contributed by atoms with Crippen molar-refractivity contribution in [2.24, 2.45) is 5.92 Å². The summed E-state index contributed by atoms with van der Waals surface area (Å²) in [6, 6.07) is 2.02. The maximum absolute atomic E-state index is 11.8. The van der Waals surface area contributed by atoms with Crippen LogP contribution in [0.1, 0.15) is 30.8 Å². The second-order valence-corrected chi connectivity index (χ2v) is 4.79. The van der Waals surface area contributed by atoms with Gasteiger partial charge in [0.1, 0.15) is 11.7 Å². The van der Waals surface area contributed by atoms with E-state index in [1.807, 2.05) is 13.8 Å². The first kappa shape index (κ1) is 14.4. The number of carbonyl (C=O) groups is 2. The summed E-state index contributed by atoms with van der Waals surface area (Å²) in [5, 5.41) is 11.8. The maximum atomic E-state index is 11.8. The molecule has 1 heterocycles. The second-order valence-electron chi connectivity index (χ2n) is 4.35. The van der Waals surface area contributed by atoms with E-state index in [2.05, 4.69) is 10.3 Å². The number of nitrogens with one attached hydrogen (secondary N) is 1. The van der Waals surface area contributed by atoms with Gasteiger partial charge < -0.3 is 10.4 Å². The monoisotopic (exact) mass is 270 g/mol. The van der Waals surface area contributed by atoms with Crippen molar-refractivity contribution in [2.45, 2.75) is 26.3 Å². The number of aliphatic carboxylic acids is 1. The minimum Gasteiger partial charge on any atom is -0.480 e. The molecule has 1 amide bonds. The summed E-state index contributed by atoms with van der Waals surface area (Å²) in [5.41, 5.74) is 0.109. The summed E-state index contributed by atoms with van der Waals surface area (Å²) < 4.78 is 0. The summed E-state index contributed by atoms with van der Waals surface area (Å²) in [5.74, 6) is -1.43. The van der Waals surface area contributed by atoms with Crippen molar-refractivity contribution in [3.8, 4) is 0 Å². The van der Waals surface area contributed by atoms with Crippen LogP contribution < -0.4 is 5.32 Å². The largest absolute Gasteiger partial charge is 0.480 e. The van der Waals surface area contributed by atoms with Crippen LogP contribution in [0.2, 0.25) is 5.02 Å². The number of hydrogen-bond donors (Lipinski definition) is 2. The molecule has 0 aliphatic heterocycles. The Balaban J connectivity index is 2.75. The highest BCUT2D eigenvalue weighted by Crippen LogP contribution is 2.09. The highest BCUT2D eigenvalue weighted by molar-refractivity contribution is 6.30. The van der Waals surface area contributed by atoms with Gasteiger partial charge in [-0.05, 0) is 24.5 Å². The van der Waals surface area contributed by atoms with Gasteiger partial charge >= 0.3 is 5.97 Å². The summed E-state index contributed by atoms with van der Waals surface area (Å²) in [6.45, 7) is 3.78. The smallest absolute Gasteiger partial charge is 0.326 e. The number of hydrogen-bond acceptors (Lipinski definition) is 3. The van der Waals surface area contributed by atoms with Gasteiger partial charge in [0.15, 0.2) is 0 Å². The fourth-order valence-corrected chi connectivity index (χ4v) is 1.61. The Bertz CT molecular complexity index is 449. The molecule has 2 N–H and O–H groups in total. The van der Waals surface area contributed by atoms with Crippen LogP contribution in [-0.4, -0.2) is 28.0 Å². The van der Waals surface area contributed by atoms with Crippen LogP contribution in [0.15, 0.2) is 18.3 Å². The first-order valence-electron chi connectivity index (χ1n) is 5.55. The van der Waals surface area contributed by atoms with E-state index in [1.54, 1.807) is 6.07 Å². The van der Waals surface area contributed by atoms with Crippen LogP contribution in [0.3, 0.4) is 0 Å². The number of nitrogens with zero attached hydrogens (tertiary/aromatic N) is 1. The molecule has 1 rings (SSSR count). The van der Waals surface area contributed by atoms with Gasteiger partial charge in [0.25, 0.3) is 5.91 Å². The number of carbonyl (C=O) groups excluding carboxylic acids is 1. The van der Waals surface area contributed by atoms with Gasteiger partial charge in [-0.3, -0.25) is 9.78 Å². The van der Waals surface area contributed by atoms with Crippen molar-refractivity contribution in [2.75, 3.05) is 0 Å². The number of carboxylic acid groups (broad SMARTS) is 1. The van der Waals surface area contributed by atoms with Crippen LogP contribution in [0.5, 0.6) is 0 Å². The molecule has 0 aromatic carbocycles. The molecule has 5 nitrogen and oxygen atoms in total. The predicted octanol–water partition coefficient (Wildman–Crippen LogP) is 1.96. The fraction of sp³-hybridized carbons (Fsp3) is 0.417. The SMILES string of the molecule is CC(C)C[C@@H](NC(=O)c1cc(Cl)ccn1)C(=O)O. The van der Waals surface area contributed by atoms with Crippen molar-refractivity contribution < 1.29 is 14.7 Å². The third kappa shape index (κ3) is 4.33. The molecule has 6 heteroatoms. The van der Waals surface area contributed by atoms with Crippen LogP contribution in [0.25, 0.3) is 0 Å². The molecule has 18 heavy (non-hydrogen) atoms. The van der Waals surface area contributed by atoms with Gasteiger partial charge in [0.2, 0.25) is 0 Å². The van der Waals surface area contributed by atoms with Gasteiger partial charge in [-0.15, -0.1) is 0 Å². The lowest BCUT2D eigenvalue weighted by Gasteiger charge is -2.16. The normalized spacial score (nSPS) is 12.2. The Labute approximate surface area is 110 Å². The highest BCUT2D eigenvalue weighted by atomic mass is 35.5. The Morgan fingerprint density at radius 2 is 2.17 bits per heavy atom. The third-order valence-electron chi connectivity index (χ3n) is 2.27. The molecule has 0 radical (unpaired) electrons. The molecule has 1 aromatic rings. The van der Waals surface area contributed by atoms with Crippen LogP contribution >= 0.6 is 11.6 Å². The number of halogens is 1. The zero-order valence-electron chi connectivity index (χ0n) is 10.2.